The van der Waals surface area contributed by atoms with E-state index in [9.17, 15) is 13.2 Å². The Kier molecular flexibility index (Phi) is 7.46. The largest absolute Gasteiger partial charge is 0.359 e. The van der Waals surface area contributed by atoms with E-state index in [2.05, 4.69) is 15.1 Å². The first kappa shape index (κ1) is 23.2. The second kappa shape index (κ2) is 10.3. The van der Waals surface area contributed by atoms with E-state index in [1.807, 2.05) is 6.07 Å². The summed E-state index contributed by atoms with van der Waals surface area (Å²) in [7, 11) is -3.35. The number of rotatable bonds is 8. The van der Waals surface area contributed by atoms with Gasteiger partial charge in [0.1, 0.15) is 6.23 Å². The number of carbonyl (C=O) groups excluding carboxylic acids is 1. The number of benzene rings is 1. The first-order valence-corrected chi connectivity index (χ1v) is 13.2. The van der Waals surface area contributed by atoms with Gasteiger partial charge in [-0.1, -0.05) is 0 Å². The molecule has 32 heavy (non-hydrogen) atoms. The molecule has 3 saturated heterocycles. The van der Waals surface area contributed by atoms with Crippen LogP contribution < -0.4 is 5.32 Å². The number of nitrogens with one attached hydrogen (secondary N) is 1. The van der Waals surface area contributed by atoms with Crippen molar-refractivity contribution in [3.63, 3.8) is 0 Å². The molecule has 3 aliphatic heterocycles. The van der Waals surface area contributed by atoms with Crippen molar-refractivity contribution < 1.29 is 17.9 Å². The van der Waals surface area contributed by atoms with Crippen molar-refractivity contribution in [1.82, 2.24) is 15.1 Å². The van der Waals surface area contributed by atoms with Crippen LogP contribution >= 0.6 is 0 Å². The van der Waals surface area contributed by atoms with Crippen LogP contribution in [0.3, 0.4) is 0 Å². The van der Waals surface area contributed by atoms with E-state index in [0.717, 1.165) is 51.7 Å². The van der Waals surface area contributed by atoms with Crippen molar-refractivity contribution in [3.05, 3.63) is 29.8 Å². The maximum atomic E-state index is 12.6. The van der Waals surface area contributed by atoms with Crippen molar-refractivity contribution in [1.29, 1.82) is 5.26 Å². The fraction of sp³-hybridized carbons (Fsp3) is 0.652. The van der Waals surface area contributed by atoms with E-state index < -0.39 is 9.84 Å². The van der Waals surface area contributed by atoms with Crippen molar-refractivity contribution in [2.24, 2.45) is 0 Å². The highest BCUT2D eigenvalue weighted by molar-refractivity contribution is 7.91. The van der Waals surface area contributed by atoms with E-state index in [4.69, 9.17) is 10.00 Å². The molecule has 8 nitrogen and oxygen atoms in total. The van der Waals surface area contributed by atoms with Gasteiger partial charge in [0.05, 0.1) is 28.8 Å². The van der Waals surface area contributed by atoms with Gasteiger partial charge in [-0.15, -0.1) is 0 Å². The van der Waals surface area contributed by atoms with Gasteiger partial charge >= 0.3 is 0 Å². The van der Waals surface area contributed by atoms with E-state index >= 15 is 0 Å². The molecule has 1 aromatic carbocycles. The van der Waals surface area contributed by atoms with Crippen molar-refractivity contribution in [2.75, 3.05) is 38.5 Å². The molecule has 0 radical (unpaired) electrons. The molecular formula is C23H32N4O4S. The molecule has 0 aliphatic carbocycles. The molecule has 174 valence electrons. The quantitative estimate of drug-likeness (QED) is 0.627. The summed E-state index contributed by atoms with van der Waals surface area (Å²) < 4.78 is 30.9. The highest BCUT2D eigenvalue weighted by atomic mass is 32.2. The number of fused-ring (bicyclic) bond motifs is 2. The van der Waals surface area contributed by atoms with Crippen LogP contribution in [0.2, 0.25) is 0 Å². The summed E-state index contributed by atoms with van der Waals surface area (Å²) in [5.74, 6) is 0.126. The predicted molar refractivity (Wildman–Crippen MR) is 120 cm³/mol. The number of likely N-dealkylation sites (tertiary alicyclic amines) is 1. The van der Waals surface area contributed by atoms with Gasteiger partial charge in [0, 0.05) is 31.8 Å². The molecule has 1 N–H and O–H groups in total. The average molecular weight is 461 g/mol. The van der Waals surface area contributed by atoms with Crippen LogP contribution in [0, 0.1) is 11.3 Å². The number of hydrogen-bond donors (Lipinski definition) is 1. The second-order valence-corrected chi connectivity index (χ2v) is 11.2. The maximum Gasteiger partial charge on any atom is 0.236 e. The smallest absolute Gasteiger partial charge is 0.236 e. The highest BCUT2D eigenvalue weighted by Gasteiger charge is 2.40. The predicted octanol–water partition coefficient (Wildman–Crippen LogP) is 1.51. The standard InChI is InChI=1S/C23H32N4O4S/c24-14-18-5-9-21(10-6-18)32(29,30)13-3-11-27-19-7-8-20(27)16-26(15-19)17-22(28)25-23-4-1-2-12-31-23/h5-6,9-10,19-20,23H,1-4,7-8,11-13,15-17H2,(H,25,28). The van der Waals surface area contributed by atoms with Gasteiger partial charge in [0.25, 0.3) is 0 Å². The minimum Gasteiger partial charge on any atom is -0.359 e. The number of nitrogens with zero attached hydrogens (tertiary/aromatic N) is 3. The summed E-state index contributed by atoms with van der Waals surface area (Å²) in [6, 6.07) is 8.88. The third kappa shape index (κ3) is 5.67. The van der Waals surface area contributed by atoms with Crippen molar-refractivity contribution >= 4 is 15.7 Å². The van der Waals surface area contributed by atoms with Gasteiger partial charge < -0.3 is 10.1 Å². The zero-order chi connectivity index (χ0) is 22.6. The van der Waals surface area contributed by atoms with Gasteiger partial charge in [-0.25, -0.2) is 8.42 Å². The van der Waals surface area contributed by atoms with Crippen LogP contribution in [0.25, 0.3) is 0 Å². The summed E-state index contributed by atoms with van der Waals surface area (Å²) in [5, 5.41) is 11.9. The Balaban J connectivity index is 1.23. The average Bonchev–Trinajstić information content (AvgIpc) is 3.02. The first-order chi connectivity index (χ1) is 15.4. The molecule has 3 heterocycles. The van der Waals surface area contributed by atoms with Crippen molar-refractivity contribution in [3.8, 4) is 6.07 Å². The lowest BCUT2D eigenvalue weighted by Gasteiger charge is -2.41. The molecule has 1 aromatic rings. The molecule has 1 amide bonds. The minimum atomic E-state index is -3.35. The normalized spacial score (nSPS) is 26.5. The Labute approximate surface area is 190 Å². The van der Waals surface area contributed by atoms with Gasteiger partial charge in [-0.3, -0.25) is 14.6 Å². The second-order valence-electron chi connectivity index (χ2n) is 9.05. The monoisotopic (exact) mass is 460 g/mol. The Morgan fingerprint density at radius 3 is 2.47 bits per heavy atom. The van der Waals surface area contributed by atoms with E-state index in [1.165, 1.54) is 12.1 Å². The number of ether oxygens (including phenoxy) is 1. The molecule has 2 bridgehead atoms. The highest BCUT2D eigenvalue weighted by Crippen LogP contribution is 2.30. The van der Waals surface area contributed by atoms with Gasteiger partial charge in [-0.2, -0.15) is 5.26 Å². The van der Waals surface area contributed by atoms with Gasteiger partial charge in [0.2, 0.25) is 5.91 Å². The molecular weight excluding hydrogens is 428 g/mol. The van der Waals surface area contributed by atoms with Crippen molar-refractivity contribution in [2.45, 2.75) is 61.7 Å². The topological polar surface area (TPSA) is 103 Å². The Morgan fingerprint density at radius 2 is 1.84 bits per heavy atom. The molecule has 0 spiro atoms. The summed E-state index contributed by atoms with van der Waals surface area (Å²) in [6.45, 7) is 3.55. The number of nitriles is 1. The minimum absolute atomic E-state index is 0.0262. The van der Waals surface area contributed by atoms with Crippen LogP contribution in [0.15, 0.2) is 29.2 Å². The molecule has 3 aliphatic rings. The van der Waals surface area contributed by atoms with Crippen LogP contribution in [0.4, 0.5) is 0 Å². The van der Waals surface area contributed by atoms with E-state index in [1.54, 1.807) is 12.1 Å². The number of piperazine rings is 1. The summed E-state index contributed by atoms with van der Waals surface area (Å²) in [5.41, 5.74) is 0.457. The third-order valence-electron chi connectivity index (χ3n) is 6.75. The summed E-state index contributed by atoms with van der Waals surface area (Å²) in [6.07, 6.45) is 5.66. The third-order valence-corrected chi connectivity index (χ3v) is 8.57. The molecule has 9 heteroatoms. The summed E-state index contributed by atoms with van der Waals surface area (Å²) >= 11 is 0. The number of hydrogen-bond acceptors (Lipinski definition) is 7. The lowest BCUT2D eigenvalue weighted by atomic mass is 10.1. The number of amides is 1. The Morgan fingerprint density at radius 1 is 1.12 bits per heavy atom. The number of sulfone groups is 1. The van der Waals surface area contributed by atoms with Crippen LogP contribution in [0.1, 0.15) is 44.1 Å². The molecule has 3 fully saturated rings. The zero-order valence-corrected chi connectivity index (χ0v) is 19.2. The fourth-order valence-corrected chi connectivity index (χ4v) is 6.44. The van der Waals surface area contributed by atoms with Gasteiger partial charge in [0.15, 0.2) is 9.84 Å². The maximum absolute atomic E-state index is 12.6. The Hall–Kier alpha value is -1.99. The van der Waals surface area contributed by atoms with Crippen LogP contribution in [0.5, 0.6) is 0 Å². The zero-order valence-electron chi connectivity index (χ0n) is 18.4. The van der Waals surface area contributed by atoms with Crippen LogP contribution in [-0.4, -0.2) is 81.0 Å². The fourth-order valence-electron chi connectivity index (χ4n) is 5.15. The lowest BCUT2D eigenvalue weighted by Crippen LogP contribution is -2.56. The van der Waals surface area contributed by atoms with E-state index in [-0.39, 0.29) is 22.8 Å². The van der Waals surface area contributed by atoms with Crippen LogP contribution in [-0.2, 0) is 19.4 Å². The molecule has 4 rings (SSSR count). The Bertz CT molecular complexity index is 924. The SMILES string of the molecule is N#Cc1ccc(S(=O)(=O)CCCN2C3CCC2CN(CC(=O)NC2CCCCO2)C3)cc1. The number of carbonyl (C=O) groups is 1. The van der Waals surface area contributed by atoms with Gasteiger partial charge in [-0.05, 0) is 69.3 Å². The lowest BCUT2D eigenvalue weighted by molar-refractivity contribution is -0.128. The summed E-state index contributed by atoms with van der Waals surface area (Å²) in [4.78, 5) is 17.4. The molecule has 0 aromatic heterocycles. The molecule has 3 unspecified atom stereocenters. The molecule has 3 atom stereocenters. The van der Waals surface area contributed by atoms with E-state index in [0.29, 0.717) is 37.2 Å². The molecule has 0 saturated carbocycles. The first-order valence-electron chi connectivity index (χ1n) is 11.6.